The number of nitrogens with zero attached hydrogens (tertiary/aromatic N) is 1. The number of amides is 1. The minimum atomic E-state index is -0.104. The van der Waals surface area contributed by atoms with Crippen LogP contribution < -0.4 is 10.6 Å². The van der Waals surface area contributed by atoms with Gasteiger partial charge in [0.1, 0.15) is 0 Å². The Morgan fingerprint density at radius 3 is 2.90 bits per heavy atom. The number of rotatable bonds is 2. The molecule has 2 N–H and O–H groups in total. The zero-order valence-corrected chi connectivity index (χ0v) is 12.0. The van der Waals surface area contributed by atoms with E-state index < -0.39 is 0 Å². The zero-order chi connectivity index (χ0) is 14.2. The Morgan fingerprint density at radius 2 is 2.00 bits per heavy atom. The number of benzene rings is 2. The first kappa shape index (κ1) is 12.5. The molecule has 5 heteroatoms. The van der Waals surface area contributed by atoms with E-state index in [4.69, 9.17) is 0 Å². The highest BCUT2D eigenvalue weighted by Crippen LogP contribution is 2.27. The molecule has 21 heavy (non-hydrogen) atoms. The molecule has 1 aliphatic heterocycles. The third-order valence-corrected chi connectivity index (χ3v) is 4.62. The molecule has 0 fully saturated rings. The summed E-state index contributed by atoms with van der Waals surface area (Å²) in [6, 6.07) is 13.7. The molecule has 0 saturated heterocycles. The van der Waals surface area contributed by atoms with E-state index in [2.05, 4.69) is 15.6 Å². The van der Waals surface area contributed by atoms with Gasteiger partial charge >= 0.3 is 0 Å². The molecule has 4 rings (SSSR count). The van der Waals surface area contributed by atoms with Gasteiger partial charge in [0.2, 0.25) is 0 Å². The van der Waals surface area contributed by atoms with Crippen LogP contribution in [0.15, 0.2) is 42.5 Å². The van der Waals surface area contributed by atoms with Crippen LogP contribution in [-0.2, 0) is 13.1 Å². The number of aromatic nitrogens is 1. The largest absolute Gasteiger partial charge is 0.306 e. The van der Waals surface area contributed by atoms with Crippen LogP contribution in [0.25, 0.3) is 10.8 Å². The molecule has 1 aliphatic rings. The van der Waals surface area contributed by atoms with Gasteiger partial charge in [0, 0.05) is 23.5 Å². The van der Waals surface area contributed by atoms with Crippen molar-refractivity contribution >= 4 is 33.1 Å². The minimum Gasteiger partial charge on any atom is -0.306 e. The molecular weight excluding hydrogens is 282 g/mol. The summed E-state index contributed by atoms with van der Waals surface area (Å²) in [6.45, 7) is 1.63. The van der Waals surface area contributed by atoms with Gasteiger partial charge in [-0.25, -0.2) is 4.98 Å². The summed E-state index contributed by atoms with van der Waals surface area (Å²) in [5.74, 6) is -0.104. The highest BCUT2D eigenvalue weighted by Gasteiger charge is 2.18. The highest BCUT2D eigenvalue weighted by atomic mass is 32.1. The molecule has 2 aromatic carbocycles. The molecule has 104 valence electrons. The topological polar surface area (TPSA) is 54.0 Å². The lowest BCUT2D eigenvalue weighted by Crippen LogP contribution is -2.12. The predicted octanol–water partition coefficient (Wildman–Crippen LogP) is 3.15. The van der Waals surface area contributed by atoms with E-state index in [1.807, 2.05) is 42.5 Å². The summed E-state index contributed by atoms with van der Waals surface area (Å²) >= 11 is 1.54. The van der Waals surface area contributed by atoms with Gasteiger partial charge in [-0.2, -0.15) is 0 Å². The van der Waals surface area contributed by atoms with Gasteiger partial charge < -0.3 is 5.32 Å². The normalized spacial score (nSPS) is 13.3. The first-order valence-electron chi connectivity index (χ1n) is 6.80. The molecule has 0 atom stereocenters. The first-order valence-corrected chi connectivity index (χ1v) is 7.61. The maximum atomic E-state index is 12.5. The molecule has 0 unspecified atom stereocenters. The number of anilines is 1. The Balaban J connectivity index is 1.67. The number of carbonyl (C=O) groups is 1. The lowest BCUT2D eigenvalue weighted by Gasteiger charge is -2.06. The van der Waals surface area contributed by atoms with Crippen LogP contribution in [0.5, 0.6) is 0 Å². The summed E-state index contributed by atoms with van der Waals surface area (Å²) < 4.78 is 0. The average Bonchev–Trinajstić information content (AvgIpc) is 3.07. The van der Waals surface area contributed by atoms with Crippen molar-refractivity contribution in [2.75, 3.05) is 5.32 Å². The zero-order valence-electron chi connectivity index (χ0n) is 11.2. The van der Waals surface area contributed by atoms with Gasteiger partial charge in [0.15, 0.2) is 5.13 Å². The number of carbonyl (C=O) groups excluding carboxylic acids is 1. The number of nitrogens with one attached hydrogen (secondary N) is 2. The number of fused-ring (bicyclic) bond motifs is 2. The van der Waals surface area contributed by atoms with E-state index >= 15 is 0 Å². The Hall–Kier alpha value is -2.24. The van der Waals surface area contributed by atoms with E-state index in [-0.39, 0.29) is 5.91 Å². The second kappa shape index (κ2) is 4.95. The second-order valence-electron chi connectivity index (χ2n) is 4.97. The van der Waals surface area contributed by atoms with Crippen molar-refractivity contribution in [3.8, 4) is 0 Å². The van der Waals surface area contributed by atoms with Crippen LogP contribution in [0.2, 0.25) is 0 Å². The van der Waals surface area contributed by atoms with E-state index in [1.165, 1.54) is 4.88 Å². The van der Waals surface area contributed by atoms with Crippen molar-refractivity contribution in [1.29, 1.82) is 0 Å². The fourth-order valence-corrected chi connectivity index (χ4v) is 3.54. The lowest BCUT2D eigenvalue weighted by atomic mass is 10.0. The van der Waals surface area contributed by atoms with Crippen molar-refractivity contribution < 1.29 is 4.79 Å². The molecule has 0 aliphatic carbocycles. The maximum Gasteiger partial charge on any atom is 0.258 e. The standard InChI is InChI=1S/C16H13N3OS/c20-15(19-16-18-13-8-17-9-14(13)21-16)12-7-3-5-10-4-1-2-6-11(10)12/h1-7,17H,8-9H2,(H,18,19,20). The molecule has 2 heterocycles. The van der Waals surface area contributed by atoms with E-state index in [0.717, 1.165) is 29.6 Å². The van der Waals surface area contributed by atoms with Gasteiger partial charge in [-0.15, -0.1) is 11.3 Å². The Labute approximate surface area is 125 Å². The number of thiazole rings is 1. The van der Waals surface area contributed by atoms with Crippen molar-refractivity contribution in [3.63, 3.8) is 0 Å². The van der Waals surface area contributed by atoms with Crippen molar-refractivity contribution in [2.45, 2.75) is 13.1 Å². The molecule has 1 aromatic heterocycles. The van der Waals surface area contributed by atoms with Crippen molar-refractivity contribution in [1.82, 2.24) is 10.3 Å². The summed E-state index contributed by atoms with van der Waals surface area (Å²) in [5, 5.41) is 8.87. The second-order valence-corrected chi connectivity index (χ2v) is 6.06. The van der Waals surface area contributed by atoms with Crippen LogP contribution in [0.4, 0.5) is 5.13 Å². The van der Waals surface area contributed by atoms with Gasteiger partial charge in [-0.3, -0.25) is 10.1 Å². The van der Waals surface area contributed by atoms with E-state index in [9.17, 15) is 4.79 Å². The smallest absolute Gasteiger partial charge is 0.258 e. The molecule has 1 amide bonds. The molecule has 0 bridgehead atoms. The van der Waals surface area contributed by atoms with Crippen molar-refractivity contribution in [3.05, 3.63) is 58.6 Å². The quantitative estimate of drug-likeness (QED) is 0.763. The molecule has 0 spiro atoms. The summed E-state index contributed by atoms with van der Waals surface area (Å²) in [6.07, 6.45) is 0. The third kappa shape index (κ3) is 2.20. The monoisotopic (exact) mass is 295 g/mol. The molecule has 4 nitrogen and oxygen atoms in total. The van der Waals surface area contributed by atoms with Gasteiger partial charge in [0.25, 0.3) is 5.91 Å². The van der Waals surface area contributed by atoms with Gasteiger partial charge in [-0.05, 0) is 16.8 Å². The van der Waals surface area contributed by atoms with Gasteiger partial charge in [-0.1, -0.05) is 36.4 Å². The first-order chi connectivity index (χ1) is 10.3. The summed E-state index contributed by atoms with van der Waals surface area (Å²) in [5.41, 5.74) is 1.73. The fraction of sp³-hybridized carbons (Fsp3) is 0.125. The van der Waals surface area contributed by atoms with Crippen LogP contribution in [0.1, 0.15) is 20.9 Å². The van der Waals surface area contributed by atoms with Gasteiger partial charge in [0.05, 0.1) is 5.69 Å². The lowest BCUT2D eigenvalue weighted by molar-refractivity contribution is 0.102. The highest BCUT2D eigenvalue weighted by molar-refractivity contribution is 7.15. The van der Waals surface area contributed by atoms with Crippen LogP contribution in [-0.4, -0.2) is 10.9 Å². The Bertz CT molecular complexity index is 814. The fourth-order valence-electron chi connectivity index (χ4n) is 2.60. The molecule has 0 saturated carbocycles. The maximum absolute atomic E-state index is 12.5. The minimum absolute atomic E-state index is 0.104. The summed E-state index contributed by atoms with van der Waals surface area (Å²) in [4.78, 5) is 18.2. The van der Waals surface area contributed by atoms with E-state index in [0.29, 0.717) is 10.7 Å². The average molecular weight is 295 g/mol. The molecule has 3 aromatic rings. The van der Waals surface area contributed by atoms with Crippen molar-refractivity contribution in [2.24, 2.45) is 0 Å². The Kier molecular flexibility index (Phi) is 2.94. The number of hydrogen-bond acceptors (Lipinski definition) is 4. The Morgan fingerprint density at radius 1 is 1.14 bits per heavy atom. The van der Waals surface area contributed by atoms with Crippen LogP contribution in [0.3, 0.4) is 0 Å². The van der Waals surface area contributed by atoms with Crippen LogP contribution >= 0.6 is 11.3 Å². The molecule has 0 radical (unpaired) electrons. The SMILES string of the molecule is O=C(Nc1nc2c(s1)CNC2)c1cccc2ccccc12. The number of hydrogen-bond donors (Lipinski definition) is 2. The molecular formula is C16H13N3OS. The van der Waals surface area contributed by atoms with E-state index in [1.54, 1.807) is 11.3 Å². The third-order valence-electron chi connectivity index (χ3n) is 3.61. The summed E-state index contributed by atoms with van der Waals surface area (Å²) in [7, 11) is 0. The predicted molar refractivity (Wildman–Crippen MR) is 84.6 cm³/mol. The van der Waals surface area contributed by atoms with Crippen LogP contribution in [0, 0.1) is 0 Å².